The number of esters is 2. The van der Waals surface area contributed by atoms with E-state index in [2.05, 4.69) is 5.38 Å². The number of thiophene rings is 1. The zero-order chi connectivity index (χ0) is 15.7. The van der Waals surface area contributed by atoms with Crippen LogP contribution in [0.25, 0.3) is 0 Å². The van der Waals surface area contributed by atoms with Crippen molar-refractivity contribution < 1.29 is 62.7 Å². The first-order valence-corrected chi connectivity index (χ1v) is 7.27. The number of ether oxygens (including phenoxy) is 2. The number of hydrogen-bond acceptors (Lipinski definition) is 5. The van der Waals surface area contributed by atoms with Crippen LogP contribution in [0, 0.1) is 5.38 Å². The summed E-state index contributed by atoms with van der Waals surface area (Å²) in [5.74, 6) is -1.29. The standard InChI is InChI=1S/C14H18ClO4S.2ClH.Li.Mg/c1-13(2,3)18-11(16)8-7-20-10(15)9(8)12(17)19-14(4,5)6;;;;/h1-6H3;2*1H;;/q-1;;;+1;+2/p-2. The van der Waals surface area contributed by atoms with Crippen LogP contribution in [0.3, 0.4) is 0 Å². The Morgan fingerprint density at radius 2 is 1.33 bits per heavy atom. The number of hydrogen-bond donors (Lipinski definition) is 0. The van der Waals surface area contributed by atoms with Gasteiger partial charge in [0.25, 0.3) is 11.9 Å². The molecule has 4 nitrogen and oxygen atoms in total. The number of rotatable bonds is 2. The van der Waals surface area contributed by atoms with Crippen LogP contribution in [-0.4, -0.2) is 46.2 Å². The van der Waals surface area contributed by atoms with E-state index in [1.165, 1.54) is 0 Å². The molecule has 1 heterocycles. The van der Waals surface area contributed by atoms with E-state index in [-0.39, 0.29) is 82.2 Å². The van der Waals surface area contributed by atoms with Gasteiger partial charge >= 0.3 is 41.9 Å². The van der Waals surface area contributed by atoms with E-state index in [0.717, 1.165) is 11.3 Å². The Labute approximate surface area is 192 Å². The van der Waals surface area contributed by atoms with Crippen LogP contribution in [0.5, 0.6) is 0 Å². The molecule has 0 aliphatic carbocycles. The van der Waals surface area contributed by atoms with Crippen LogP contribution >= 0.6 is 22.9 Å². The average molecular weight is 420 g/mol. The fourth-order valence-electron chi connectivity index (χ4n) is 1.28. The molecule has 0 aliphatic heterocycles. The summed E-state index contributed by atoms with van der Waals surface area (Å²) in [5.41, 5.74) is -1.30. The van der Waals surface area contributed by atoms with Crippen molar-refractivity contribution in [1.82, 2.24) is 0 Å². The van der Waals surface area contributed by atoms with Gasteiger partial charge < -0.3 is 39.1 Å². The predicted molar refractivity (Wildman–Crippen MR) is 84.3 cm³/mol. The van der Waals surface area contributed by atoms with Crippen molar-refractivity contribution >= 4 is 57.9 Å². The van der Waals surface area contributed by atoms with Crippen LogP contribution in [0.2, 0.25) is 4.34 Å². The Balaban J connectivity index is -0.000000500. The summed E-state index contributed by atoms with van der Waals surface area (Å²) in [7, 11) is 0. The van der Waals surface area contributed by atoms with E-state index >= 15 is 0 Å². The molecule has 0 bridgehead atoms. The first-order chi connectivity index (χ1) is 8.91. The Kier molecular flexibility index (Phi) is 16.7. The predicted octanol–water partition coefficient (Wildman–Crippen LogP) is -5.26. The number of halogens is 3. The Morgan fingerprint density at radius 3 is 1.71 bits per heavy atom. The van der Waals surface area contributed by atoms with Gasteiger partial charge in [-0.05, 0) is 57.0 Å². The van der Waals surface area contributed by atoms with E-state index in [1.807, 2.05) is 0 Å². The van der Waals surface area contributed by atoms with E-state index in [1.54, 1.807) is 41.5 Å². The molecule has 1 rings (SSSR count). The van der Waals surface area contributed by atoms with Gasteiger partial charge in [0.05, 0.1) is 5.60 Å². The second-order valence-electron chi connectivity index (χ2n) is 6.23. The largest absolute Gasteiger partial charge is 2.00 e. The van der Waals surface area contributed by atoms with Gasteiger partial charge in [-0.2, -0.15) is 0 Å². The van der Waals surface area contributed by atoms with Gasteiger partial charge in [0.15, 0.2) is 0 Å². The van der Waals surface area contributed by atoms with Gasteiger partial charge in [-0.3, -0.25) is 4.79 Å². The molecule has 24 heavy (non-hydrogen) atoms. The summed E-state index contributed by atoms with van der Waals surface area (Å²) < 4.78 is 10.6. The van der Waals surface area contributed by atoms with Crippen molar-refractivity contribution in [2.45, 2.75) is 52.7 Å². The van der Waals surface area contributed by atoms with Crippen molar-refractivity contribution in [3.8, 4) is 0 Å². The molecule has 0 saturated carbocycles. The molecule has 0 aromatic carbocycles. The van der Waals surface area contributed by atoms with E-state index < -0.39 is 23.1 Å². The van der Waals surface area contributed by atoms with E-state index in [9.17, 15) is 9.59 Å². The van der Waals surface area contributed by atoms with Crippen LogP contribution in [0.4, 0.5) is 0 Å². The molecule has 0 amide bonds. The summed E-state index contributed by atoms with van der Waals surface area (Å²) >= 11 is 6.94. The summed E-state index contributed by atoms with van der Waals surface area (Å²) in [6.07, 6.45) is 0. The molecule has 0 saturated heterocycles. The molecule has 1 aromatic heterocycles. The summed E-state index contributed by atoms with van der Waals surface area (Å²) in [5, 5.41) is 2.70. The fourth-order valence-corrected chi connectivity index (χ4v) is 2.23. The maximum atomic E-state index is 12.1. The third kappa shape index (κ3) is 10.8. The van der Waals surface area contributed by atoms with Crippen LogP contribution in [-0.2, 0) is 9.47 Å². The summed E-state index contributed by atoms with van der Waals surface area (Å²) in [6, 6.07) is 0. The zero-order valence-corrected chi connectivity index (χ0v) is 19.4. The molecule has 0 unspecified atom stereocenters. The van der Waals surface area contributed by atoms with Crippen LogP contribution in [0.1, 0.15) is 62.3 Å². The molecule has 0 atom stereocenters. The molecule has 0 N–H and O–H groups in total. The topological polar surface area (TPSA) is 52.6 Å². The molecule has 0 spiro atoms. The monoisotopic (exact) mass is 418 g/mol. The molecular formula is C14H18Cl3LiMgO4S. The molecule has 0 aliphatic rings. The van der Waals surface area contributed by atoms with Gasteiger partial charge in [0.1, 0.15) is 5.60 Å². The molecule has 0 fully saturated rings. The SMILES string of the molecule is CC(C)(C)OC(=O)c1[c-]sc(Cl)c1C(=O)OC(C)(C)C.[Cl-].[Cl-].[Li+].[Mg+2]. The molecular weight excluding hydrogens is 402 g/mol. The second-order valence-corrected chi connectivity index (χ2v) is 7.65. The quantitative estimate of drug-likeness (QED) is 0.273. The smallest absolute Gasteiger partial charge is 1.00 e. The number of carbonyl (C=O) groups is 2. The minimum Gasteiger partial charge on any atom is -1.00 e. The van der Waals surface area contributed by atoms with Crippen molar-refractivity contribution in [2.75, 3.05) is 0 Å². The van der Waals surface area contributed by atoms with Gasteiger partial charge in [0, 0.05) is 0 Å². The molecule has 10 heteroatoms. The first kappa shape index (κ1) is 32.5. The Bertz CT molecular complexity index is 539. The maximum Gasteiger partial charge on any atom is 2.00 e. The Hall–Kier alpha value is 0.874. The summed E-state index contributed by atoms with van der Waals surface area (Å²) in [6.45, 7) is 10.4. The molecule has 0 radical (unpaired) electrons. The van der Waals surface area contributed by atoms with Gasteiger partial charge in [-0.1, -0.05) is 5.38 Å². The zero-order valence-electron chi connectivity index (χ0n) is 14.9. The minimum atomic E-state index is -0.673. The van der Waals surface area contributed by atoms with Gasteiger partial charge in [-0.15, -0.1) is 11.6 Å². The third-order valence-corrected chi connectivity index (χ3v) is 3.01. The van der Waals surface area contributed by atoms with E-state index in [0.29, 0.717) is 0 Å². The average Bonchev–Trinajstić information content (AvgIpc) is 2.54. The van der Waals surface area contributed by atoms with Crippen molar-refractivity contribution in [3.63, 3.8) is 0 Å². The minimum absolute atomic E-state index is 0. The molecule has 1 aromatic rings. The first-order valence-electron chi connectivity index (χ1n) is 6.07. The van der Waals surface area contributed by atoms with Crippen molar-refractivity contribution in [1.29, 1.82) is 0 Å². The number of carbonyl (C=O) groups excluding carboxylic acids is 2. The van der Waals surface area contributed by atoms with Gasteiger partial charge in [0.2, 0.25) is 0 Å². The normalized spacial score (nSPS) is 10.1. The third-order valence-electron chi connectivity index (χ3n) is 1.90. The van der Waals surface area contributed by atoms with Crippen molar-refractivity contribution in [3.05, 3.63) is 20.8 Å². The maximum absolute atomic E-state index is 12.1. The fraction of sp³-hybridized carbons (Fsp3) is 0.571. The van der Waals surface area contributed by atoms with E-state index in [4.69, 9.17) is 21.1 Å². The van der Waals surface area contributed by atoms with Crippen LogP contribution in [0.15, 0.2) is 0 Å². The van der Waals surface area contributed by atoms with Crippen LogP contribution < -0.4 is 43.7 Å². The van der Waals surface area contributed by atoms with Gasteiger partial charge in [-0.25, -0.2) is 11.3 Å². The Morgan fingerprint density at radius 1 is 0.958 bits per heavy atom. The summed E-state index contributed by atoms with van der Waals surface area (Å²) in [4.78, 5) is 24.2. The molecule has 128 valence electrons. The second kappa shape index (κ2) is 12.3. The van der Waals surface area contributed by atoms with Crippen molar-refractivity contribution in [2.24, 2.45) is 0 Å².